The minimum atomic E-state index is 0.536. The van der Waals surface area contributed by atoms with E-state index in [1.165, 1.54) is 122 Å². The molecule has 5 heteroatoms. The summed E-state index contributed by atoms with van der Waals surface area (Å²) in [5, 5.41) is 6.28. The summed E-state index contributed by atoms with van der Waals surface area (Å²) in [5.74, 6) is 4.56. The maximum atomic E-state index is 6.62. The molecular weight excluding hydrogens is 420 g/mol. The number of rotatable bonds is 9. The predicted octanol–water partition coefficient (Wildman–Crippen LogP) is 4.85. The van der Waals surface area contributed by atoms with Gasteiger partial charge in [-0.25, -0.2) is 5.01 Å². The van der Waals surface area contributed by atoms with Crippen LogP contribution in [0.2, 0.25) is 0 Å². The first-order chi connectivity index (χ1) is 16.8. The standard InChI is InChI=1S/C29H54N4O/c30-15-16-31-19-22-9-11-24(12-10-22)25-13-14-26-20-32-33(29(26)18-25)21-23-5-4-8-28(17-23)34-27-6-2-1-3-7-27/h22-29,31-32H,1-21,30H2. The van der Waals surface area contributed by atoms with Crippen LogP contribution in [-0.4, -0.2) is 56.0 Å². The number of ether oxygens (including phenoxy) is 1. The number of hydrogen-bond donors (Lipinski definition) is 3. The summed E-state index contributed by atoms with van der Waals surface area (Å²) < 4.78 is 6.62. The SMILES string of the molecule is NCCNCC1CCC(C2CCC3CNN(CC4CCCC(OC5CCCCC5)C4)C3C2)CC1. The third kappa shape index (κ3) is 6.76. The van der Waals surface area contributed by atoms with Crippen molar-refractivity contribution in [2.75, 3.05) is 32.7 Å². The molecule has 196 valence electrons. The molecule has 5 aliphatic rings. The number of fused-ring (bicyclic) bond motifs is 1. The van der Waals surface area contributed by atoms with E-state index in [1.54, 1.807) is 0 Å². The summed E-state index contributed by atoms with van der Waals surface area (Å²) in [6.07, 6.45) is 23.5. The Kier molecular flexibility index (Phi) is 9.62. The molecule has 0 spiro atoms. The van der Waals surface area contributed by atoms with Gasteiger partial charge in [0.05, 0.1) is 12.2 Å². The molecule has 5 fully saturated rings. The molecule has 1 aliphatic heterocycles. The molecule has 0 amide bonds. The zero-order valence-corrected chi connectivity index (χ0v) is 21.9. The maximum absolute atomic E-state index is 6.62. The van der Waals surface area contributed by atoms with Crippen LogP contribution >= 0.6 is 0 Å². The Labute approximate surface area is 209 Å². The van der Waals surface area contributed by atoms with Crippen molar-refractivity contribution < 1.29 is 4.74 Å². The minimum Gasteiger partial charge on any atom is -0.375 e. The highest BCUT2D eigenvalue weighted by Gasteiger charge is 2.42. The molecule has 5 rings (SSSR count). The van der Waals surface area contributed by atoms with Gasteiger partial charge in [-0.3, -0.25) is 5.43 Å². The first-order valence-corrected chi connectivity index (χ1v) is 15.3. The van der Waals surface area contributed by atoms with Gasteiger partial charge in [0.2, 0.25) is 0 Å². The molecule has 1 heterocycles. The van der Waals surface area contributed by atoms with Crippen LogP contribution in [0.4, 0.5) is 0 Å². The number of nitrogens with zero attached hydrogens (tertiary/aromatic N) is 1. The fourth-order valence-electron chi connectivity index (χ4n) is 8.40. The van der Waals surface area contributed by atoms with Crippen molar-refractivity contribution >= 4 is 0 Å². The molecule has 5 nitrogen and oxygen atoms in total. The predicted molar refractivity (Wildman–Crippen MR) is 140 cm³/mol. The Morgan fingerprint density at radius 2 is 1.50 bits per heavy atom. The van der Waals surface area contributed by atoms with Crippen LogP contribution in [0, 0.1) is 29.6 Å². The second-order valence-electron chi connectivity index (χ2n) is 12.7. The van der Waals surface area contributed by atoms with Crippen molar-refractivity contribution in [1.29, 1.82) is 0 Å². The lowest BCUT2D eigenvalue weighted by atomic mass is 9.68. The molecule has 0 aromatic carbocycles. The molecule has 5 atom stereocenters. The van der Waals surface area contributed by atoms with Gasteiger partial charge in [0, 0.05) is 32.2 Å². The van der Waals surface area contributed by atoms with E-state index in [1.807, 2.05) is 0 Å². The molecule has 4 saturated carbocycles. The van der Waals surface area contributed by atoms with Crippen LogP contribution in [0.25, 0.3) is 0 Å². The van der Waals surface area contributed by atoms with Crippen LogP contribution in [0.3, 0.4) is 0 Å². The van der Waals surface area contributed by atoms with Gasteiger partial charge < -0.3 is 15.8 Å². The van der Waals surface area contributed by atoms with Gasteiger partial charge in [-0.15, -0.1) is 0 Å². The van der Waals surface area contributed by atoms with E-state index in [0.29, 0.717) is 12.2 Å². The maximum Gasteiger partial charge on any atom is 0.0582 e. The van der Waals surface area contributed by atoms with E-state index >= 15 is 0 Å². The number of hydrazine groups is 1. The largest absolute Gasteiger partial charge is 0.375 e. The van der Waals surface area contributed by atoms with Gasteiger partial charge in [0.1, 0.15) is 0 Å². The summed E-state index contributed by atoms with van der Waals surface area (Å²) in [5.41, 5.74) is 9.52. The zero-order chi connectivity index (χ0) is 23.2. The summed E-state index contributed by atoms with van der Waals surface area (Å²) in [6, 6.07) is 0.794. The van der Waals surface area contributed by atoms with Gasteiger partial charge in [-0.05, 0) is 113 Å². The fourth-order valence-corrected chi connectivity index (χ4v) is 8.40. The lowest BCUT2D eigenvalue weighted by Gasteiger charge is -2.42. The van der Waals surface area contributed by atoms with Crippen LogP contribution in [0.5, 0.6) is 0 Å². The van der Waals surface area contributed by atoms with Crippen LogP contribution in [-0.2, 0) is 4.74 Å². The third-order valence-electron chi connectivity index (χ3n) is 10.4. The average Bonchev–Trinajstić information content (AvgIpc) is 3.27. The highest BCUT2D eigenvalue weighted by Crippen LogP contribution is 2.44. The summed E-state index contributed by atoms with van der Waals surface area (Å²) >= 11 is 0. The molecule has 4 N–H and O–H groups in total. The first-order valence-electron chi connectivity index (χ1n) is 15.3. The van der Waals surface area contributed by atoms with Crippen molar-refractivity contribution in [2.24, 2.45) is 35.3 Å². The highest BCUT2D eigenvalue weighted by atomic mass is 16.5. The van der Waals surface area contributed by atoms with Crippen molar-refractivity contribution in [2.45, 2.75) is 121 Å². The topological polar surface area (TPSA) is 62.5 Å². The molecule has 34 heavy (non-hydrogen) atoms. The van der Waals surface area contributed by atoms with Gasteiger partial charge in [0.25, 0.3) is 0 Å². The Bertz CT molecular complexity index is 589. The monoisotopic (exact) mass is 474 g/mol. The average molecular weight is 475 g/mol. The van der Waals surface area contributed by atoms with E-state index < -0.39 is 0 Å². The molecule has 0 bridgehead atoms. The highest BCUT2D eigenvalue weighted by molar-refractivity contribution is 4.94. The Balaban J connectivity index is 1.07. The second kappa shape index (κ2) is 12.9. The Morgan fingerprint density at radius 3 is 2.32 bits per heavy atom. The second-order valence-corrected chi connectivity index (χ2v) is 12.7. The van der Waals surface area contributed by atoms with Crippen LogP contribution < -0.4 is 16.5 Å². The van der Waals surface area contributed by atoms with Crippen molar-refractivity contribution in [3.8, 4) is 0 Å². The van der Waals surface area contributed by atoms with Crippen molar-refractivity contribution in [1.82, 2.24) is 15.8 Å². The molecule has 0 aromatic heterocycles. The fraction of sp³-hybridized carbons (Fsp3) is 1.00. The number of nitrogens with two attached hydrogens (primary N) is 1. The minimum absolute atomic E-state index is 0.536. The lowest BCUT2D eigenvalue weighted by Crippen LogP contribution is -2.46. The van der Waals surface area contributed by atoms with E-state index in [2.05, 4.69) is 15.8 Å². The lowest BCUT2D eigenvalue weighted by molar-refractivity contribution is -0.0591. The number of nitrogens with one attached hydrogen (secondary N) is 2. The molecule has 1 saturated heterocycles. The van der Waals surface area contributed by atoms with E-state index in [4.69, 9.17) is 10.5 Å². The molecule has 4 aliphatic carbocycles. The van der Waals surface area contributed by atoms with Gasteiger partial charge in [-0.2, -0.15) is 0 Å². The van der Waals surface area contributed by atoms with Crippen molar-refractivity contribution in [3.63, 3.8) is 0 Å². The van der Waals surface area contributed by atoms with E-state index in [9.17, 15) is 0 Å². The van der Waals surface area contributed by atoms with Crippen molar-refractivity contribution in [3.05, 3.63) is 0 Å². The molecular formula is C29H54N4O. The van der Waals surface area contributed by atoms with E-state index in [-0.39, 0.29) is 0 Å². The molecule has 0 radical (unpaired) electrons. The molecule has 5 unspecified atom stereocenters. The quantitative estimate of drug-likeness (QED) is 0.417. The van der Waals surface area contributed by atoms with Gasteiger partial charge >= 0.3 is 0 Å². The summed E-state index contributed by atoms with van der Waals surface area (Å²) in [6.45, 7) is 5.41. The van der Waals surface area contributed by atoms with Crippen LogP contribution in [0.1, 0.15) is 103 Å². The Hall–Kier alpha value is -0.200. The normalized spacial score (nSPS) is 40.3. The molecule has 0 aromatic rings. The van der Waals surface area contributed by atoms with Gasteiger partial charge in [0.15, 0.2) is 0 Å². The first kappa shape index (κ1) is 25.4. The summed E-state index contributed by atoms with van der Waals surface area (Å²) in [7, 11) is 0. The summed E-state index contributed by atoms with van der Waals surface area (Å²) in [4.78, 5) is 0. The Morgan fingerprint density at radius 1 is 0.735 bits per heavy atom. The number of hydrogen-bond acceptors (Lipinski definition) is 5. The zero-order valence-electron chi connectivity index (χ0n) is 21.9. The smallest absolute Gasteiger partial charge is 0.0582 e. The van der Waals surface area contributed by atoms with E-state index in [0.717, 1.165) is 48.7 Å². The van der Waals surface area contributed by atoms with Crippen LogP contribution in [0.15, 0.2) is 0 Å². The van der Waals surface area contributed by atoms with Gasteiger partial charge in [-0.1, -0.05) is 25.7 Å². The third-order valence-corrected chi connectivity index (χ3v) is 10.4.